The fourth-order valence-corrected chi connectivity index (χ4v) is 3.01. The summed E-state index contributed by atoms with van der Waals surface area (Å²) in [4.78, 5) is 9.02. The van der Waals surface area contributed by atoms with Gasteiger partial charge in [0, 0.05) is 37.6 Å². The molecule has 1 saturated heterocycles. The van der Waals surface area contributed by atoms with E-state index in [1.54, 1.807) is 12.1 Å². The summed E-state index contributed by atoms with van der Waals surface area (Å²) in [6, 6.07) is 15.6. The molecule has 1 fully saturated rings. The molecule has 1 N–H and O–H groups in total. The summed E-state index contributed by atoms with van der Waals surface area (Å²) in [7, 11) is 0. The van der Waals surface area contributed by atoms with Gasteiger partial charge in [0.1, 0.15) is 5.82 Å². The van der Waals surface area contributed by atoms with Crippen molar-refractivity contribution >= 4 is 28.8 Å². The average Bonchev–Trinajstić information content (AvgIpc) is 2.62. The normalized spacial score (nSPS) is 14.2. The maximum absolute atomic E-state index is 8.97. The Morgan fingerprint density at radius 1 is 1.17 bits per heavy atom. The Bertz CT molecular complexity index is 775. The van der Waals surface area contributed by atoms with E-state index < -0.39 is 0 Å². The third-order valence-electron chi connectivity index (χ3n) is 4.01. The van der Waals surface area contributed by atoms with Gasteiger partial charge in [0.05, 0.1) is 11.6 Å². The van der Waals surface area contributed by atoms with Crippen LogP contribution in [0, 0.1) is 18.3 Å². The van der Waals surface area contributed by atoms with E-state index in [1.165, 1.54) is 0 Å². The molecule has 3 rings (SSSR count). The number of benzene rings is 1. The van der Waals surface area contributed by atoms with Gasteiger partial charge in [0.25, 0.3) is 0 Å². The second-order valence-electron chi connectivity index (χ2n) is 5.73. The summed E-state index contributed by atoms with van der Waals surface area (Å²) in [5.74, 6) is 1.02. The average molecular weight is 337 g/mol. The van der Waals surface area contributed by atoms with Gasteiger partial charge in [-0.2, -0.15) is 5.26 Å². The molecule has 0 unspecified atom stereocenters. The SMILES string of the molecule is Cc1cccc(N2CCN(C(=S)Nc3cccc(C#N)c3)CC2)n1. The lowest BCUT2D eigenvalue weighted by Crippen LogP contribution is -2.50. The van der Waals surface area contributed by atoms with Gasteiger partial charge < -0.3 is 15.1 Å². The molecule has 0 saturated carbocycles. The van der Waals surface area contributed by atoms with Crippen LogP contribution < -0.4 is 10.2 Å². The maximum atomic E-state index is 8.97. The van der Waals surface area contributed by atoms with E-state index in [9.17, 15) is 0 Å². The molecule has 0 spiro atoms. The Morgan fingerprint density at radius 2 is 1.92 bits per heavy atom. The van der Waals surface area contributed by atoms with Crippen molar-refractivity contribution in [2.45, 2.75) is 6.92 Å². The monoisotopic (exact) mass is 337 g/mol. The van der Waals surface area contributed by atoms with Crippen molar-refractivity contribution in [3.05, 3.63) is 53.7 Å². The summed E-state index contributed by atoms with van der Waals surface area (Å²) in [6.07, 6.45) is 0. The Kier molecular flexibility index (Phi) is 4.92. The number of hydrogen-bond donors (Lipinski definition) is 1. The standard InChI is InChI=1S/C18H19N5S/c1-14-4-2-7-17(20-14)22-8-10-23(11-9-22)18(24)21-16-6-3-5-15(12-16)13-19/h2-7,12H,8-11H2,1H3,(H,21,24). The molecular weight excluding hydrogens is 318 g/mol. The first-order valence-corrected chi connectivity index (χ1v) is 8.31. The number of pyridine rings is 1. The number of aromatic nitrogens is 1. The lowest BCUT2D eigenvalue weighted by atomic mass is 10.2. The van der Waals surface area contributed by atoms with Gasteiger partial charge in [-0.1, -0.05) is 12.1 Å². The van der Waals surface area contributed by atoms with Crippen molar-refractivity contribution in [1.82, 2.24) is 9.88 Å². The van der Waals surface area contributed by atoms with Crippen LogP contribution in [-0.2, 0) is 0 Å². The van der Waals surface area contributed by atoms with Gasteiger partial charge in [0.15, 0.2) is 5.11 Å². The number of rotatable bonds is 2. The molecule has 0 bridgehead atoms. The molecule has 24 heavy (non-hydrogen) atoms. The first-order chi connectivity index (χ1) is 11.7. The van der Waals surface area contributed by atoms with E-state index in [1.807, 2.05) is 37.3 Å². The molecular formula is C18H19N5S. The molecule has 2 heterocycles. The van der Waals surface area contributed by atoms with Crippen molar-refractivity contribution in [1.29, 1.82) is 5.26 Å². The molecule has 1 aromatic heterocycles. The maximum Gasteiger partial charge on any atom is 0.173 e. The Balaban J connectivity index is 1.58. The van der Waals surface area contributed by atoms with Crippen LogP contribution in [0.15, 0.2) is 42.5 Å². The van der Waals surface area contributed by atoms with Crippen LogP contribution in [0.5, 0.6) is 0 Å². The van der Waals surface area contributed by atoms with E-state index in [2.05, 4.69) is 26.2 Å². The minimum atomic E-state index is 0.623. The third kappa shape index (κ3) is 3.81. The molecule has 2 aromatic rings. The molecule has 1 aromatic carbocycles. The van der Waals surface area contributed by atoms with Crippen LogP contribution in [0.3, 0.4) is 0 Å². The lowest BCUT2D eigenvalue weighted by molar-refractivity contribution is 0.389. The highest BCUT2D eigenvalue weighted by atomic mass is 32.1. The van der Waals surface area contributed by atoms with E-state index in [0.717, 1.165) is 43.4 Å². The number of piperazine rings is 1. The van der Waals surface area contributed by atoms with Crippen LogP contribution >= 0.6 is 12.2 Å². The molecule has 6 heteroatoms. The van der Waals surface area contributed by atoms with Crippen molar-refractivity contribution in [3.8, 4) is 6.07 Å². The molecule has 0 atom stereocenters. The van der Waals surface area contributed by atoms with Crippen LogP contribution in [0.25, 0.3) is 0 Å². The highest BCUT2D eigenvalue weighted by Crippen LogP contribution is 2.16. The van der Waals surface area contributed by atoms with Gasteiger partial charge >= 0.3 is 0 Å². The predicted octanol–water partition coefficient (Wildman–Crippen LogP) is 2.78. The van der Waals surface area contributed by atoms with E-state index in [4.69, 9.17) is 17.5 Å². The molecule has 1 aliphatic rings. The first kappa shape index (κ1) is 16.2. The zero-order chi connectivity index (χ0) is 16.9. The molecule has 0 aliphatic carbocycles. The smallest absolute Gasteiger partial charge is 0.173 e. The van der Waals surface area contributed by atoms with Crippen molar-refractivity contribution in [3.63, 3.8) is 0 Å². The van der Waals surface area contributed by atoms with Gasteiger partial charge in [-0.05, 0) is 49.5 Å². The lowest BCUT2D eigenvalue weighted by Gasteiger charge is -2.36. The molecule has 5 nitrogen and oxygen atoms in total. The molecule has 122 valence electrons. The van der Waals surface area contributed by atoms with E-state index >= 15 is 0 Å². The molecule has 0 amide bonds. The van der Waals surface area contributed by atoms with Crippen molar-refractivity contribution in [2.75, 3.05) is 36.4 Å². The topological polar surface area (TPSA) is 55.2 Å². The Morgan fingerprint density at radius 3 is 2.62 bits per heavy atom. The largest absolute Gasteiger partial charge is 0.353 e. The first-order valence-electron chi connectivity index (χ1n) is 7.90. The van der Waals surface area contributed by atoms with Gasteiger partial charge in [-0.25, -0.2) is 4.98 Å². The number of aryl methyl sites for hydroxylation is 1. The number of thiocarbonyl (C=S) groups is 1. The second kappa shape index (κ2) is 7.28. The zero-order valence-electron chi connectivity index (χ0n) is 13.6. The number of nitriles is 1. The quantitative estimate of drug-likeness (QED) is 0.851. The Labute approximate surface area is 147 Å². The summed E-state index contributed by atoms with van der Waals surface area (Å²) < 4.78 is 0. The summed E-state index contributed by atoms with van der Waals surface area (Å²) >= 11 is 5.51. The minimum absolute atomic E-state index is 0.623. The fourth-order valence-electron chi connectivity index (χ4n) is 2.71. The van der Waals surface area contributed by atoms with Gasteiger partial charge in [-0.15, -0.1) is 0 Å². The van der Waals surface area contributed by atoms with Crippen molar-refractivity contribution < 1.29 is 0 Å². The molecule has 0 radical (unpaired) electrons. The number of anilines is 2. The van der Waals surface area contributed by atoms with E-state index in [-0.39, 0.29) is 0 Å². The van der Waals surface area contributed by atoms with Crippen molar-refractivity contribution in [2.24, 2.45) is 0 Å². The van der Waals surface area contributed by atoms with Crippen LogP contribution in [0.1, 0.15) is 11.3 Å². The predicted molar refractivity (Wildman–Crippen MR) is 100 cm³/mol. The summed E-state index contributed by atoms with van der Waals surface area (Å²) in [5, 5.41) is 12.9. The van der Waals surface area contributed by atoms with Crippen LogP contribution in [-0.4, -0.2) is 41.2 Å². The summed E-state index contributed by atoms with van der Waals surface area (Å²) in [6.45, 7) is 5.47. The number of nitrogens with one attached hydrogen (secondary N) is 1. The third-order valence-corrected chi connectivity index (χ3v) is 4.37. The Hall–Kier alpha value is -2.65. The van der Waals surface area contributed by atoms with Gasteiger partial charge in [-0.3, -0.25) is 0 Å². The minimum Gasteiger partial charge on any atom is -0.353 e. The zero-order valence-corrected chi connectivity index (χ0v) is 14.4. The number of hydrogen-bond acceptors (Lipinski definition) is 4. The van der Waals surface area contributed by atoms with E-state index in [0.29, 0.717) is 10.7 Å². The number of nitrogens with zero attached hydrogens (tertiary/aromatic N) is 4. The molecule has 1 aliphatic heterocycles. The second-order valence-corrected chi connectivity index (χ2v) is 6.12. The summed E-state index contributed by atoms with van der Waals surface area (Å²) in [5.41, 5.74) is 2.50. The highest BCUT2D eigenvalue weighted by molar-refractivity contribution is 7.80. The van der Waals surface area contributed by atoms with Crippen LogP contribution in [0.2, 0.25) is 0 Å². The van der Waals surface area contributed by atoms with Gasteiger partial charge in [0.2, 0.25) is 0 Å². The van der Waals surface area contributed by atoms with Crippen LogP contribution in [0.4, 0.5) is 11.5 Å². The fraction of sp³-hybridized carbons (Fsp3) is 0.278. The highest BCUT2D eigenvalue weighted by Gasteiger charge is 2.20.